The Balaban J connectivity index is 1.25. The van der Waals surface area contributed by atoms with Gasteiger partial charge in [0.1, 0.15) is 5.60 Å². The first-order valence-electron chi connectivity index (χ1n) is 14.2. The smallest absolute Gasteiger partial charge is 0.117 e. The van der Waals surface area contributed by atoms with E-state index in [-0.39, 0.29) is 11.3 Å². The van der Waals surface area contributed by atoms with Crippen molar-refractivity contribution < 1.29 is 10.3 Å². The van der Waals surface area contributed by atoms with E-state index in [0.717, 1.165) is 80.6 Å². The van der Waals surface area contributed by atoms with E-state index in [4.69, 9.17) is 0 Å². The zero-order valence-electron chi connectivity index (χ0n) is 23.3. The molecule has 202 valence electrons. The number of likely N-dealkylation sites (tertiary alicyclic amines) is 1. The first-order valence-corrected chi connectivity index (χ1v) is 14.2. The maximum absolute atomic E-state index is 12.1. The van der Waals surface area contributed by atoms with Gasteiger partial charge in [-0.3, -0.25) is 0 Å². The van der Waals surface area contributed by atoms with Gasteiger partial charge in [-0.15, -0.1) is 0 Å². The van der Waals surface area contributed by atoms with Crippen LogP contribution >= 0.6 is 0 Å². The molecule has 3 aromatic rings. The third kappa shape index (κ3) is 6.73. The van der Waals surface area contributed by atoms with Crippen molar-refractivity contribution in [1.82, 2.24) is 4.90 Å². The third-order valence-corrected chi connectivity index (χ3v) is 8.20. The van der Waals surface area contributed by atoms with E-state index in [0.29, 0.717) is 0 Å². The van der Waals surface area contributed by atoms with Gasteiger partial charge in [0.25, 0.3) is 0 Å². The standard InChI is InChI=1S/C34H44N2O2/c1-33(2,3)28-20-18-27(19-21-28)32(35-38)17-11-6-12-24-36-25-22-31(23-26-36)34(37,29-13-7-4-8-14-29)30-15-9-5-10-16-30/h4-5,7-10,13-16,18-21,31,37-38H,6,11-12,17,22-26H2,1-3H3. The van der Waals surface area contributed by atoms with E-state index in [9.17, 15) is 10.3 Å². The summed E-state index contributed by atoms with van der Waals surface area (Å²) in [5.74, 6) is 0.191. The molecule has 0 atom stereocenters. The summed E-state index contributed by atoms with van der Waals surface area (Å²) in [6.07, 6.45) is 6.00. The molecule has 1 heterocycles. The van der Waals surface area contributed by atoms with E-state index >= 15 is 0 Å². The van der Waals surface area contributed by atoms with Crippen LogP contribution in [0.5, 0.6) is 0 Å². The van der Waals surface area contributed by atoms with Crippen LogP contribution in [-0.4, -0.2) is 40.6 Å². The molecule has 0 unspecified atom stereocenters. The summed E-state index contributed by atoms with van der Waals surface area (Å²) in [5, 5.41) is 25.3. The first kappa shape index (κ1) is 28.1. The van der Waals surface area contributed by atoms with Crippen molar-refractivity contribution in [2.45, 2.75) is 70.3 Å². The van der Waals surface area contributed by atoms with Gasteiger partial charge in [0, 0.05) is 0 Å². The second kappa shape index (κ2) is 12.7. The summed E-state index contributed by atoms with van der Waals surface area (Å²) in [6, 6.07) is 28.8. The Bertz CT molecular complexity index is 1100. The highest BCUT2D eigenvalue weighted by Crippen LogP contribution is 2.41. The van der Waals surface area contributed by atoms with Crippen LogP contribution in [0.15, 0.2) is 90.1 Å². The van der Waals surface area contributed by atoms with Crippen LogP contribution in [0, 0.1) is 5.92 Å². The molecule has 38 heavy (non-hydrogen) atoms. The summed E-state index contributed by atoms with van der Waals surface area (Å²) in [6.45, 7) is 9.72. The molecule has 4 nitrogen and oxygen atoms in total. The van der Waals surface area contributed by atoms with Crippen LogP contribution in [0.3, 0.4) is 0 Å². The van der Waals surface area contributed by atoms with Gasteiger partial charge in [-0.05, 0) is 85.3 Å². The average molecular weight is 513 g/mol. The molecule has 0 aliphatic carbocycles. The molecule has 0 bridgehead atoms. The van der Waals surface area contributed by atoms with E-state index in [2.05, 4.69) is 79.4 Å². The lowest BCUT2D eigenvalue weighted by molar-refractivity contribution is -0.0143. The van der Waals surface area contributed by atoms with Gasteiger partial charge in [0.05, 0.1) is 5.71 Å². The van der Waals surface area contributed by atoms with Crippen LogP contribution in [0.4, 0.5) is 0 Å². The van der Waals surface area contributed by atoms with E-state index < -0.39 is 5.60 Å². The van der Waals surface area contributed by atoms with Crippen molar-refractivity contribution in [1.29, 1.82) is 0 Å². The lowest BCUT2D eigenvalue weighted by Crippen LogP contribution is -2.44. The largest absolute Gasteiger partial charge is 0.411 e. The lowest BCUT2D eigenvalue weighted by Gasteiger charge is -2.42. The van der Waals surface area contributed by atoms with E-state index in [1.165, 1.54) is 5.56 Å². The second-order valence-electron chi connectivity index (χ2n) is 11.8. The average Bonchev–Trinajstić information content (AvgIpc) is 2.95. The monoisotopic (exact) mass is 512 g/mol. The molecule has 3 aromatic carbocycles. The topological polar surface area (TPSA) is 56.1 Å². The lowest BCUT2D eigenvalue weighted by atomic mass is 9.72. The summed E-state index contributed by atoms with van der Waals surface area (Å²) < 4.78 is 0. The van der Waals surface area contributed by atoms with Crippen LogP contribution in [-0.2, 0) is 11.0 Å². The molecule has 0 radical (unpaired) electrons. The number of nitrogens with zero attached hydrogens (tertiary/aromatic N) is 2. The Hall–Kier alpha value is -2.95. The zero-order chi connectivity index (χ0) is 27.0. The number of rotatable bonds is 10. The number of unbranched alkanes of at least 4 members (excludes halogenated alkanes) is 2. The highest BCUT2D eigenvalue weighted by molar-refractivity contribution is 6.00. The molecule has 0 aromatic heterocycles. The molecule has 0 amide bonds. The van der Waals surface area contributed by atoms with Crippen molar-refractivity contribution >= 4 is 5.71 Å². The fraction of sp³-hybridized carbons (Fsp3) is 0.441. The Kier molecular flexibility index (Phi) is 9.40. The Labute approximate surface area is 229 Å². The van der Waals surface area contributed by atoms with Gasteiger partial charge in [0.2, 0.25) is 0 Å². The first-order chi connectivity index (χ1) is 18.3. The molecule has 4 rings (SSSR count). The Morgan fingerprint density at radius 1 is 0.763 bits per heavy atom. The summed E-state index contributed by atoms with van der Waals surface area (Å²) in [4.78, 5) is 2.54. The fourth-order valence-corrected chi connectivity index (χ4v) is 5.82. The molecule has 2 N–H and O–H groups in total. The van der Waals surface area contributed by atoms with Crippen molar-refractivity contribution in [2.75, 3.05) is 19.6 Å². The van der Waals surface area contributed by atoms with Crippen molar-refractivity contribution in [3.8, 4) is 0 Å². The minimum atomic E-state index is -0.959. The number of benzene rings is 3. The van der Waals surface area contributed by atoms with Gasteiger partial charge >= 0.3 is 0 Å². The van der Waals surface area contributed by atoms with Crippen LogP contribution in [0.1, 0.15) is 81.5 Å². The van der Waals surface area contributed by atoms with Crippen LogP contribution in [0.2, 0.25) is 0 Å². The minimum Gasteiger partial charge on any atom is -0.411 e. The van der Waals surface area contributed by atoms with Crippen LogP contribution < -0.4 is 0 Å². The second-order valence-corrected chi connectivity index (χ2v) is 11.8. The van der Waals surface area contributed by atoms with Gasteiger partial charge < -0.3 is 15.2 Å². The number of piperidine rings is 1. The zero-order valence-corrected chi connectivity index (χ0v) is 23.3. The summed E-state index contributed by atoms with van der Waals surface area (Å²) >= 11 is 0. The fourth-order valence-electron chi connectivity index (χ4n) is 5.82. The molecule has 0 saturated carbocycles. The van der Waals surface area contributed by atoms with Crippen molar-refractivity contribution in [3.63, 3.8) is 0 Å². The number of hydrogen-bond donors (Lipinski definition) is 2. The van der Waals surface area contributed by atoms with Crippen molar-refractivity contribution in [3.05, 3.63) is 107 Å². The summed E-state index contributed by atoms with van der Waals surface area (Å²) in [7, 11) is 0. The van der Waals surface area contributed by atoms with E-state index in [1.54, 1.807) is 0 Å². The highest BCUT2D eigenvalue weighted by Gasteiger charge is 2.41. The Morgan fingerprint density at radius 3 is 1.82 bits per heavy atom. The van der Waals surface area contributed by atoms with Crippen molar-refractivity contribution in [2.24, 2.45) is 11.1 Å². The van der Waals surface area contributed by atoms with E-state index in [1.807, 2.05) is 36.4 Å². The molecule has 4 heteroatoms. The maximum Gasteiger partial charge on any atom is 0.117 e. The third-order valence-electron chi connectivity index (χ3n) is 8.20. The minimum absolute atomic E-state index is 0.116. The summed E-state index contributed by atoms with van der Waals surface area (Å²) in [5.41, 5.74) is 4.19. The number of oxime groups is 1. The quantitative estimate of drug-likeness (QED) is 0.129. The molecule has 1 aliphatic rings. The van der Waals surface area contributed by atoms with Gasteiger partial charge in [-0.1, -0.05) is 117 Å². The normalized spacial score (nSPS) is 16.1. The SMILES string of the molecule is CC(C)(C)c1ccc(C(CCCCCN2CCC(C(O)(c3ccccc3)c3ccccc3)CC2)=NO)cc1. The Morgan fingerprint density at radius 2 is 1.32 bits per heavy atom. The predicted octanol–water partition coefficient (Wildman–Crippen LogP) is 7.37. The molecule has 1 fully saturated rings. The number of aliphatic hydroxyl groups is 1. The molecule has 1 aliphatic heterocycles. The molecule has 0 spiro atoms. The molecular formula is C34H44N2O2. The van der Waals surface area contributed by atoms with Gasteiger partial charge in [-0.2, -0.15) is 0 Å². The van der Waals surface area contributed by atoms with Crippen LogP contribution in [0.25, 0.3) is 0 Å². The molecule has 1 saturated heterocycles. The molecular weight excluding hydrogens is 468 g/mol. The predicted molar refractivity (Wildman–Crippen MR) is 157 cm³/mol. The number of hydrogen-bond acceptors (Lipinski definition) is 4. The highest BCUT2D eigenvalue weighted by atomic mass is 16.4. The van der Waals surface area contributed by atoms with Gasteiger partial charge in [-0.25, -0.2) is 0 Å². The van der Waals surface area contributed by atoms with Gasteiger partial charge in [0.15, 0.2) is 0 Å². The maximum atomic E-state index is 12.1.